The van der Waals surface area contributed by atoms with Crippen molar-refractivity contribution in [3.05, 3.63) is 65.9 Å². The number of aromatic nitrogens is 2. The van der Waals surface area contributed by atoms with Crippen molar-refractivity contribution in [2.24, 2.45) is 5.73 Å². The Morgan fingerprint density at radius 2 is 1.71 bits per heavy atom. The summed E-state index contributed by atoms with van der Waals surface area (Å²) >= 11 is 0. The summed E-state index contributed by atoms with van der Waals surface area (Å²) in [5.41, 5.74) is 8.40. The van der Waals surface area contributed by atoms with Crippen LogP contribution in [-0.2, 0) is 12.6 Å². The maximum Gasteiger partial charge on any atom is 0.418 e. The molecule has 28 heavy (non-hydrogen) atoms. The van der Waals surface area contributed by atoms with Crippen LogP contribution in [0.2, 0.25) is 0 Å². The Balaban J connectivity index is 2.00. The molecule has 0 radical (unpaired) electrons. The van der Waals surface area contributed by atoms with Gasteiger partial charge in [0.2, 0.25) is 0 Å². The van der Waals surface area contributed by atoms with E-state index >= 15 is 0 Å². The normalized spacial score (nSPS) is 12.1. The van der Waals surface area contributed by atoms with Gasteiger partial charge >= 0.3 is 6.18 Å². The number of rotatable bonds is 5. The van der Waals surface area contributed by atoms with Crippen molar-refractivity contribution >= 4 is 21.8 Å². The SMILES string of the molecule is NCCCCc1c(-c2cccc3ncccc23)[nH]c2c(C(F)(F)F)cccc12. The highest BCUT2D eigenvalue weighted by Gasteiger charge is 2.34. The predicted octanol–water partition coefficient (Wildman–Crippen LogP) is 5.68. The van der Waals surface area contributed by atoms with Gasteiger partial charge in [0.15, 0.2) is 0 Å². The van der Waals surface area contributed by atoms with Crippen molar-refractivity contribution < 1.29 is 13.2 Å². The van der Waals surface area contributed by atoms with Gasteiger partial charge in [0.05, 0.1) is 22.3 Å². The molecule has 0 spiro atoms. The quantitative estimate of drug-likeness (QED) is 0.436. The summed E-state index contributed by atoms with van der Waals surface area (Å²) in [5.74, 6) is 0. The van der Waals surface area contributed by atoms with E-state index in [1.165, 1.54) is 6.07 Å². The third-order valence-electron chi connectivity index (χ3n) is 5.04. The molecule has 2 aromatic heterocycles. The van der Waals surface area contributed by atoms with Crippen LogP contribution in [0.25, 0.3) is 33.1 Å². The van der Waals surface area contributed by atoms with Crippen LogP contribution < -0.4 is 5.73 Å². The van der Waals surface area contributed by atoms with Crippen molar-refractivity contribution in [2.45, 2.75) is 25.4 Å². The van der Waals surface area contributed by atoms with E-state index in [9.17, 15) is 13.2 Å². The van der Waals surface area contributed by atoms with Crippen molar-refractivity contribution in [1.82, 2.24) is 9.97 Å². The monoisotopic (exact) mass is 383 g/mol. The van der Waals surface area contributed by atoms with E-state index < -0.39 is 11.7 Å². The fourth-order valence-corrected chi connectivity index (χ4v) is 3.77. The van der Waals surface area contributed by atoms with E-state index in [1.807, 2.05) is 30.3 Å². The second-order valence-electron chi connectivity index (χ2n) is 6.83. The third kappa shape index (κ3) is 3.24. The number of alkyl halides is 3. The van der Waals surface area contributed by atoms with Crippen LogP contribution in [0, 0.1) is 0 Å². The highest BCUT2D eigenvalue weighted by atomic mass is 19.4. The minimum absolute atomic E-state index is 0.133. The van der Waals surface area contributed by atoms with Crippen molar-refractivity contribution in [3.63, 3.8) is 0 Å². The number of nitrogens with zero attached hydrogens (tertiary/aromatic N) is 1. The molecule has 4 rings (SSSR count). The largest absolute Gasteiger partial charge is 0.418 e. The first-order chi connectivity index (χ1) is 13.5. The molecule has 3 nitrogen and oxygen atoms in total. The lowest BCUT2D eigenvalue weighted by Gasteiger charge is -2.08. The molecule has 0 aliphatic carbocycles. The summed E-state index contributed by atoms with van der Waals surface area (Å²) in [6.45, 7) is 0.559. The smallest absolute Gasteiger partial charge is 0.354 e. The van der Waals surface area contributed by atoms with Crippen molar-refractivity contribution in [3.8, 4) is 11.3 Å². The molecule has 2 aromatic carbocycles. The number of aryl methyl sites for hydroxylation is 1. The number of halogens is 3. The minimum atomic E-state index is -4.42. The Bertz CT molecular complexity index is 1120. The van der Waals surface area contributed by atoms with Crippen LogP contribution in [-0.4, -0.2) is 16.5 Å². The third-order valence-corrected chi connectivity index (χ3v) is 5.04. The van der Waals surface area contributed by atoms with Crippen LogP contribution in [0.4, 0.5) is 13.2 Å². The van der Waals surface area contributed by atoms with Crippen LogP contribution in [0.3, 0.4) is 0 Å². The molecule has 144 valence electrons. The molecule has 3 N–H and O–H groups in total. The van der Waals surface area contributed by atoms with Crippen molar-refractivity contribution in [1.29, 1.82) is 0 Å². The first-order valence-corrected chi connectivity index (χ1v) is 9.25. The maximum atomic E-state index is 13.6. The molecule has 0 saturated heterocycles. The fraction of sp³-hybridized carbons (Fsp3) is 0.227. The van der Waals surface area contributed by atoms with E-state index in [0.717, 1.165) is 46.6 Å². The number of pyridine rings is 1. The number of nitrogens with two attached hydrogens (primary N) is 1. The number of aromatic amines is 1. The lowest BCUT2D eigenvalue weighted by Crippen LogP contribution is -2.05. The van der Waals surface area contributed by atoms with Gasteiger partial charge in [-0.25, -0.2) is 0 Å². The topological polar surface area (TPSA) is 54.7 Å². The number of hydrogen-bond donors (Lipinski definition) is 2. The van der Waals surface area contributed by atoms with E-state index in [2.05, 4.69) is 9.97 Å². The molecule has 0 unspecified atom stereocenters. The second-order valence-corrected chi connectivity index (χ2v) is 6.83. The Morgan fingerprint density at radius 3 is 2.50 bits per heavy atom. The molecule has 2 heterocycles. The molecule has 0 saturated carbocycles. The zero-order valence-corrected chi connectivity index (χ0v) is 15.2. The molecule has 6 heteroatoms. The predicted molar refractivity (Wildman–Crippen MR) is 106 cm³/mol. The van der Waals surface area contributed by atoms with Gasteiger partial charge in [-0.15, -0.1) is 0 Å². The van der Waals surface area contributed by atoms with Gasteiger partial charge in [-0.05, 0) is 49.6 Å². The summed E-state index contributed by atoms with van der Waals surface area (Å²) < 4.78 is 40.7. The minimum Gasteiger partial charge on any atom is -0.354 e. The first-order valence-electron chi connectivity index (χ1n) is 9.25. The van der Waals surface area contributed by atoms with Crippen LogP contribution in [0.1, 0.15) is 24.0 Å². The van der Waals surface area contributed by atoms with Gasteiger partial charge in [-0.3, -0.25) is 4.98 Å². The van der Waals surface area contributed by atoms with E-state index in [4.69, 9.17) is 5.73 Å². The average Bonchev–Trinajstić information content (AvgIpc) is 3.05. The number of benzene rings is 2. The number of fused-ring (bicyclic) bond motifs is 2. The number of hydrogen-bond acceptors (Lipinski definition) is 2. The molecule has 0 amide bonds. The van der Waals surface area contributed by atoms with Gasteiger partial charge in [0, 0.05) is 22.5 Å². The molecule has 0 bridgehead atoms. The lowest BCUT2D eigenvalue weighted by molar-refractivity contribution is -0.136. The summed E-state index contributed by atoms with van der Waals surface area (Å²) in [4.78, 5) is 7.47. The molecule has 0 aliphatic heterocycles. The van der Waals surface area contributed by atoms with Crippen molar-refractivity contribution in [2.75, 3.05) is 6.54 Å². The molecule has 0 atom stereocenters. The Labute approximate surface area is 160 Å². The number of nitrogens with one attached hydrogen (secondary N) is 1. The average molecular weight is 383 g/mol. The Morgan fingerprint density at radius 1 is 0.929 bits per heavy atom. The van der Waals surface area contributed by atoms with Crippen LogP contribution >= 0.6 is 0 Å². The first kappa shape index (κ1) is 18.5. The fourth-order valence-electron chi connectivity index (χ4n) is 3.77. The van der Waals surface area contributed by atoms with Crippen LogP contribution in [0.15, 0.2) is 54.7 Å². The molecular weight excluding hydrogens is 363 g/mol. The van der Waals surface area contributed by atoms with Gasteiger partial charge < -0.3 is 10.7 Å². The maximum absolute atomic E-state index is 13.6. The highest BCUT2D eigenvalue weighted by Crippen LogP contribution is 2.40. The highest BCUT2D eigenvalue weighted by molar-refractivity contribution is 6.00. The standard InChI is InChI=1S/C22H20F3N3/c23-22(24,25)18-10-3-7-17-16(6-1-2-12-26)20(28-21(17)18)15-8-4-11-19-14(15)9-5-13-27-19/h3-5,7-11,13,28H,1-2,6,12,26H2. The second kappa shape index (κ2) is 7.28. The van der Waals surface area contributed by atoms with E-state index in [-0.39, 0.29) is 5.52 Å². The van der Waals surface area contributed by atoms with E-state index in [0.29, 0.717) is 18.4 Å². The number of para-hydroxylation sites is 1. The Kier molecular flexibility index (Phi) is 4.81. The molecule has 0 fully saturated rings. The van der Waals surface area contributed by atoms with E-state index in [1.54, 1.807) is 12.3 Å². The van der Waals surface area contributed by atoms with Gasteiger partial charge in [0.1, 0.15) is 0 Å². The van der Waals surface area contributed by atoms with Gasteiger partial charge in [0.25, 0.3) is 0 Å². The van der Waals surface area contributed by atoms with Crippen LogP contribution in [0.5, 0.6) is 0 Å². The number of H-pyrrole nitrogens is 1. The summed E-state index contributed by atoms with van der Waals surface area (Å²) in [6, 6.07) is 13.8. The summed E-state index contributed by atoms with van der Waals surface area (Å²) in [6.07, 6.45) is -0.417. The number of unbranched alkanes of at least 4 members (excludes halogenated alkanes) is 1. The summed E-state index contributed by atoms with van der Waals surface area (Å²) in [5, 5.41) is 1.52. The van der Waals surface area contributed by atoms with Gasteiger partial charge in [-0.2, -0.15) is 13.2 Å². The lowest BCUT2D eigenvalue weighted by atomic mass is 9.97. The van der Waals surface area contributed by atoms with Gasteiger partial charge in [-0.1, -0.05) is 30.3 Å². The Hall–Kier alpha value is -2.86. The molecule has 4 aromatic rings. The molecular formula is C22H20F3N3. The zero-order chi connectivity index (χ0) is 19.7. The zero-order valence-electron chi connectivity index (χ0n) is 15.2. The molecule has 0 aliphatic rings. The summed E-state index contributed by atoms with van der Waals surface area (Å²) in [7, 11) is 0.